The Balaban J connectivity index is 2.78. The van der Waals surface area contributed by atoms with E-state index in [0.717, 1.165) is 4.88 Å². The number of nitrogens with zero attached hydrogens (tertiary/aromatic N) is 1. The molecule has 16 heavy (non-hydrogen) atoms. The van der Waals surface area contributed by atoms with E-state index in [2.05, 4.69) is 0 Å². The van der Waals surface area contributed by atoms with Gasteiger partial charge in [0.25, 0.3) is 5.91 Å². The van der Waals surface area contributed by atoms with Crippen LogP contribution in [-0.4, -0.2) is 35.1 Å². The summed E-state index contributed by atoms with van der Waals surface area (Å²) in [5.41, 5.74) is 5.45. The van der Waals surface area contributed by atoms with E-state index in [9.17, 15) is 9.90 Å². The summed E-state index contributed by atoms with van der Waals surface area (Å²) < 4.78 is 0. The monoisotopic (exact) mass is 242 g/mol. The van der Waals surface area contributed by atoms with Gasteiger partial charge in [-0.25, -0.2) is 0 Å². The van der Waals surface area contributed by atoms with Gasteiger partial charge < -0.3 is 15.7 Å². The number of likely N-dealkylation sites (N-methyl/N-ethyl adjacent to an activating group) is 1. The second-order valence-electron chi connectivity index (χ2n) is 4.60. The van der Waals surface area contributed by atoms with Crippen molar-refractivity contribution in [2.75, 3.05) is 19.3 Å². The minimum atomic E-state index is -0.887. The first-order chi connectivity index (χ1) is 7.20. The first-order valence-electron chi connectivity index (χ1n) is 5.04. The fourth-order valence-corrected chi connectivity index (χ4v) is 2.38. The number of carbonyl (C=O) groups is 1. The van der Waals surface area contributed by atoms with Gasteiger partial charge in [0.1, 0.15) is 0 Å². The summed E-state index contributed by atoms with van der Waals surface area (Å²) in [6.45, 7) is 5.52. The number of hydrogen-bond donors (Lipinski definition) is 2. The summed E-state index contributed by atoms with van der Waals surface area (Å²) in [7, 11) is 1.67. The molecule has 4 nitrogen and oxygen atoms in total. The zero-order valence-electron chi connectivity index (χ0n) is 10.1. The molecule has 0 unspecified atom stereocenters. The lowest BCUT2D eigenvalue weighted by atomic mass is 10.1. The number of thiophene rings is 1. The van der Waals surface area contributed by atoms with Crippen LogP contribution in [0.3, 0.4) is 0 Å². The van der Waals surface area contributed by atoms with E-state index in [1.165, 1.54) is 16.2 Å². The number of aryl methyl sites for hydroxylation is 1. The molecule has 1 heterocycles. The van der Waals surface area contributed by atoms with Crippen molar-refractivity contribution in [2.45, 2.75) is 26.4 Å². The fourth-order valence-electron chi connectivity index (χ4n) is 1.44. The highest BCUT2D eigenvalue weighted by Gasteiger charge is 2.21. The molecule has 90 valence electrons. The van der Waals surface area contributed by atoms with Crippen molar-refractivity contribution in [3.05, 3.63) is 15.8 Å². The van der Waals surface area contributed by atoms with Crippen LogP contribution in [0.1, 0.15) is 28.4 Å². The average Bonchev–Trinajstić information content (AvgIpc) is 2.43. The van der Waals surface area contributed by atoms with Crippen molar-refractivity contribution in [3.63, 3.8) is 0 Å². The third-order valence-corrected chi connectivity index (χ3v) is 3.19. The lowest BCUT2D eigenvalue weighted by molar-refractivity contribution is 0.0370. The number of nitrogen functional groups attached to an aromatic ring is 1. The van der Waals surface area contributed by atoms with Gasteiger partial charge in [-0.2, -0.15) is 0 Å². The van der Waals surface area contributed by atoms with Crippen molar-refractivity contribution < 1.29 is 9.90 Å². The standard InChI is InChI=1S/C11H18N2O2S/c1-7-8(12)5-9(16-7)10(14)13(4)6-11(2,3)15/h5,15H,6,12H2,1-4H3. The molecule has 1 aromatic rings. The summed E-state index contributed by atoms with van der Waals surface area (Å²) in [5, 5.41) is 9.63. The molecule has 1 amide bonds. The molecule has 1 aromatic heterocycles. The Bertz CT molecular complexity index is 374. The molecule has 0 saturated carbocycles. The number of anilines is 1. The zero-order chi connectivity index (χ0) is 12.5. The van der Waals surface area contributed by atoms with Crippen LogP contribution in [0.4, 0.5) is 5.69 Å². The van der Waals surface area contributed by atoms with E-state index in [-0.39, 0.29) is 5.91 Å². The fraction of sp³-hybridized carbons (Fsp3) is 0.545. The summed E-state index contributed by atoms with van der Waals surface area (Å²) in [6.07, 6.45) is 0. The SMILES string of the molecule is Cc1sc(C(=O)N(C)CC(C)(C)O)cc1N. The molecule has 5 heteroatoms. The van der Waals surface area contributed by atoms with Gasteiger partial charge in [0.15, 0.2) is 0 Å². The second kappa shape index (κ2) is 4.43. The number of hydrogen-bond acceptors (Lipinski definition) is 4. The van der Waals surface area contributed by atoms with Crippen LogP contribution in [-0.2, 0) is 0 Å². The molecule has 0 saturated heterocycles. The lowest BCUT2D eigenvalue weighted by Gasteiger charge is -2.25. The van der Waals surface area contributed by atoms with E-state index < -0.39 is 5.60 Å². The van der Waals surface area contributed by atoms with Crippen LogP contribution in [0.25, 0.3) is 0 Å². The average molecular weight is 242 g/mol. The molecular weight excluding hydrogens is 224 g/mol. The Morgan fingerprint density at radius 1 is 1.62 bits per heavy atom. The molecule has 0 aromatic carbocycles. The van der Waals surface area contributed by atoms with E-state index in [1.807, 2.05) is 6.92 Å². The topological polar surface area (TPSA) is 66.6 Å². The Morgan fingerprint density at radius 2 is 2.19 bits per heavy atom. The van der Waals surface area contributed by atoms with Gasteiger partial charge in [-0.05, 0) is 26.8 Å². The molecular formula is C11H18N2O2S. The third-order valence-electron chi connectivity index (χ3n) is 2.14. The molecule has 0 aliphatic heterocycles. The number of amides is 1. The van der Waals surface area contributed by atoms with Gasteiger partial charge in [-0.3, -0.25) is 4.79 Å². The summed E-state index contributed by atoms with van der Waals surface area (Å²) >= 11 is 1.38. The van der Waals surface area contributed by atoms with Gasteiger partial charge in [-0.1, -0.05) is 0 Å². The molecule has 3 N–H and O–H groups in total. The normalized spacial score (nSPS) is 11.6. The second-order valence-corrected chi connectivity index (χ2v) is 5.85. The minimum Gasteiger partial charge on any atom is -0.398 e. The van der Waals surface area contributed by atoms with Gasteiger partial charge in [0, 0.05) is 24.2 Å². The Labute approximate surface area is 99.7 Å². The van der Waals surface area contributed by atoms with E-state index in [4.69, 9.17) is 5.73 Å². The van der Waals surface area contributed by atoms with E-state index in [1.54, 1.807) is 27.0 Å². The van der Waals surface area contributed by atoms with Crippen molar-refractivity contribution in [2.24, 2.45) is 0 Å². The molecule has 0 fully saturated rings. The van der Waals surface area contributed by atoms with Crippen molar-refractivity contribution in [1.82, 2.24) is 4.90 Å². The Hall–Kier alpha value is -1.07. The van der Waals surface area contributed by atoms with Gasteiger partial charge >= 0.3 is 0 Å². The van der Waals surface area contributed by atoms with Crippen LogP contribution in [0.2, 0.25) is 0 Å². The molecule has 0 aliphatic carbocycles. The molecule has 0 atom stereocenters. The number of aliphatic hydroxyl groups is 1. The molecule has 0 aliphatic rings. The van der Waals surface area contributed by atoms with Crippen LogP contribution < -0.4 is 5.73 Å². The first-order valence-corrected chi connectivity index (χ1v) is 5.86. The summed E-state index contributed by atoms with van der Waals surface area (Å²) in [5.74, 6) is -0.105. The number of carbonyl (C=O) groups excluding carboxylic acids is 1. The largest absolute Gasteiger partial charge is 0.398 e. The number of rotatable bonds is 3. The first kappa shape index (κ1) is 13.0. The maximum atomic E-state index is 12.0. The summed E-state index contributed by atoms with van der Waals surface area (Å²) in [4.78, 5) is 15.0. The van der Waals surface area contributed by atoms with Gasteiger partial charge in [0.05, 0.1) is 10.5 Å². The zero-order valence-corrected chi connectivity index (χ0v) is 10.9. The van der Waals surface area contributed by atoms with Crippen LogP contribution >= 0.6 is 11.3 Å². The minimum absolute atomic E-state index is 0.105. The predicted octanol–water partition coefficient (Wildman–Crippen LogP) is 1.48. The van der Waals surface area contributed by atoms with Gasteiger partial charge in [0.2, 0.25) is 0 Å². The highest BCUT2D eigenvalue weighted by atomic mass is 32.1. The summed E-state index contributed by atoms with van der Waals surface area (Å²) in [6, 6.07) is 1.68. The maximum absolute atomic E-state index is 12.0. The van der Waals surface area contributed by atoms with Crippen molar-refractivity contribution >= 4 is 22.9 Å². The molecule has 1 rings (SSSR count). The molecule has 0 bridgehead atoms. The van der Waals surface area contributed by atoms with E-state index >= 15 is 0 Å². The van der Waals surface area contributed by atoms with Crippen molar-refractivity contribution in [3.8, 4) is 0 Å². The third kappa shape index (κ3) is 3.21. The van der Waals surface area contributed by atoms with E-state index in [0.29, 0.717) is 17.1 Å². The van der Waals surface area contributed by atoms with Crippen LogP contribution in [0, 0.1) is 6.92 Å². The molecule has 0 spiro atoms. The number of nitrogens with two attached hydrogens (primary N) is 1. The van der Waals surface area contributed by atoms with Crippen molar-refractivity contribution in [1.29, 1.82) is 0 Å². The Kier molecular flexibility index (Phi) is 3.60. The quantitative estimate of drug-likeness (QED) is 0.843. The molecule has 0 radical (unpaired) electrons. The lowest BCUT2D eigenvalue weighted by Crippen LogP contribution is -2.39. The van der Waals surface area contributed by atoms with Crippen LogP contribution in [0.5, 0.6) is 0 Å². The van der Waals surface area contributed by atoms with Crippen LogP contribution in [0.15, 0.2) is 6.07 Å². The smallest absolute Gasteiger partial charge is 0.263 e. The predicted molar refractivity (Wildman–Crippen MR) is 66.7 cm³/mol. The highest BCUT2D eigenvalue weighted by molar-refractivity contribution is 7.14. The highest BCUT2D eigenvalue weighted by Crippen LogP contribution is 2.24. The van der Waals surface area contributed by atoms with Gasteiger partial charge in [-0.15, -0.1) is 11.3 Å². The Morgan fingerprint density at radius 3 is 2.56 bits per heavy atom. The maximum Gasteiger partial charge on any atom is 0.263 e.